The predicted molar refractivity (Wildman–Crippen MR) is 72.5 cm³/mol. The Labute approximate surface area is 111 Å². The first-order valence-electron chi connectivity index (χ1n) is 7.58. The summed E-state index contributed by atoms with van der Waals surface area (Å²) in [6.45, 7) is 13.4. The molecule has 0 radical (unpaired) electrons. The molecule has 2 nitrogen and oxygen atoms in total. The van der Waals surface area contributed by atoms with Gasteiger partial charge in [0.15, 0.2) is 0 Å². The molecule has 0 N–H and O–H groups in total. The number of hydrogen-bond acceptors (Lipinski definition) is 2. The Balaban J connectivity index is 1.93. The summed E-state index contributed by atoms with van der Waals surface area (Å²) in [5.41, 5.74) is 0.681. The second-order valence-corrected chi connectivity index (χ2v) is 7.90. The van der Waals surface area contributed by atoms with Crippen LogP contribution in [0.15, 0.2) is 0 Å². The molecule has 1 unspecified atom stereocenters. The van der Waals surface area contributed by atoms with E-state index in [1.54, 1.807) is 0 Å². The molecule has 3 aliphatic rings. The minimum atomic E-state index is -0.00734. The van der Waals surface area contributed by atoms with Crippen molar-refractivity contribution in [1.82, 2.24) is 0 Å². The summed E-state index contributed by atoms with van der Waals surface area (Å²) in [6, 6.07) is 0. The molecule has 0 aromatic rings. The van der Waals surface area contributed by atoms with Gasteiger partial charge in [0, 0.05) is 5.41 Å². The zero-order valence-corrected chi connectivity index (χ0v) is 12.6. The molecule has 3 rings (SSSR count). The Kier molecular flexibility index (Phi) is 2.68. The molecule has 1 heterocycles. The first kappa shape index (κ1) is 12.9. The third kappa shape index (κ3) is 1.37. The molecular weight excluding hydrogens is 224 g/mol. The van der Waals surface area contributed by atoms with E-state index in [-0.39, 0.29) is 17.1 Å². The molecule has 2 heteroatoms. The third-order valence-corrected chi connectivity index (χ3v) is 6.76. The van der Waals surface area contributed by atoms with E-state index < -0.39 is 0 Å². The molecule has 2 saturated carbocycles. The van der Waals surface area contributed by atoms with E-state index in [0.717, 1.165) is 19.1 Å². The number of ether oxygens (including phenoxy) is 2. The third-order valence-electron chi connectivity index (χ3n) is 6.76. The van der Waals surface area contributed by atoms with E-state index in [2.05, 4.69) is 34.6 Å². The lowest BCUT2D eigenvalue weighted by atomic mass is 9.64. The average Bonchev–Trinajstić information content (AvgIpc) is 2.61. The highest BCUT2D eigenvalue weighted by Crippen LogP contribution is 2.71. The fourth-order valence-electron chi connectivity index (χ4n) is 4.81. The molecular formula is C16H28O2. The minimum Gasteiger partial charge on any atom is -0.376 e. The minimum absolute atomic E-state index is 0.00734. The van der Waals surface area contributed by atoms with Crippen molar-refractivity contribution < 1.29 is 9.47 Å². The van der Waals surface area contributed by atoms with Crippen LogP contribution >= 0.6 is 0 Å². The Morgan fingerprint density at radius 1 is 1.17 bits per heavy atom. The summed E-state index contributed by atoms with van der Waals surface area (Å²) in [7, 11) is 0. The van der Waals surface area contributed by atoms with Gasteiger partial charge in [-0.1, -0.05) is 34.6 Å². The normalized spacial score (nSPS) is 50.3. The van der Waals surface area contributed by atoms with Crippen LogP contribution in [0.3, 0.4) is 0 Å². The van der Waals surface area contributed by atoms with Gasteiger partial charge in [0.25, 0.3) is 0 Å². The largest absolute Gasteiger partial charge is 0.376 e. The van der Waals surface area contributed by atoms with Crippen LogP contribution in [0.2, 0.25) is 0 Å². The van der Waals surface area contributed by atoms with Gasteiger partial charge >= 0.3 is 0 Å². The number of hydrogen-bond donors (Lipinski definition) is 0. The topological polar surface area (TPSA) is 18.5 Å². The van der Waals surface area contributed by atoms with Crippen LogP contribution in [0.4, 0.5) is 0 Å². The lowest BCUT2D eigenvalue weighted by molar-refractivity contribution is -0.256. The summed E-state index contributed by atoms with van der Waals surface area (Å²) in [4.78, 5) is 0. The number of fused-ring (bicyclic) bond motifs is 3. The van der Waals surface area contributed by atoms with Gasteiger partial charge in [0.05, 0.1) is 24.9 Å². The second-order valence-electron chi connectivity index (χ2n) is 7.90. The maximum absolute atomic E-state index is 6.64. The summed E-state index contributed by atoms with van der Waals surface area (Å²) >= 11 is 0. The highest BCUT2D eigenvalue weighted by Gasteiger charge is 2.70. The average molecular weight is 252 g/mol. The maximum atomic E-state index is 6.64. The van der Waals surface area contributed by atoms with Crippen LogP contribution in [-0.2, 0) is 9.47 Å². The molecule has 2 aliphatic carbocycles. The van der Waals surface area contributed by atoms with E-state index in [4.69, 9.17) is 9.47 Å². The molecule has 1 spiro atoms. The van der Waals surface area contributed by atoms with Crippen molar-refractivity contribution >= 4 is 0 Å². The van der Waals surface area contributed by atoms with Gasteiger partial charge in [-0.05, 0) is 36.5 Å². The van der Waals surface area contributed by atoms with E-state index in [0.29, 0.717) is 11.3 Å². The molecule has 1 aliphatic heterocycles. The van der Waals surface area contributed by atoms with Crippen LogP contribution in [0.25, 0.3) is 0 Å². The van der Waals surface area contributed by atoms with Crippen molar-refractivity contribution in [3.05, 3.63) is 0 Å². The lowest BCUT2D eigenvalue weighted by Gasteiger charge is -2.52. The van der Waals surface area contributed by atoms with Crippen LogP contribution in [0.1, 0.15) is 53.9 Å². The summed E-state index contributed by atoms with van der Waals surface area (Å²) in [5, 5.41) is 0. The SMILES string of the molecule is CC(C)[C@H]1COC[C@]2(CC3CC[C@]2(C)C3(C)C)O1. The van der Waals surface area contributed by atoms with Crippen LogP contribution in [0.5, 0.6) is 0 Å². The lowest BCUT2D eigenvalue weighted by Crippen LogP contribution is -2.58. The van der Waals surface area contributed by atoms with Crippen molar-refractivity contribution in [1.29, 1.82) is 0 Å². The van der Waals surface area contributed by atoms with Crippen LogP contribution in [-0.4, -0.2) is 24.9 Å². The van der Waals surface area contributed by atoms with Crippen molar-refractivity contribution in [3.8, 4) is 0 Å². The standard InChI is InChI=1S/C16H28O2/c1-11(2)13-9-17-10-16(18-13)8-12-6-7-15(16,5)14(12,3)4/h11-13H,6-10H2,1-5H3/t12?,13-,15-,16+/m1/s1. The quantitative estimate of drug-likeness (QED) is 0.709. The van der Waals surface area contributed by atoms with E-state index in [1.807, 2.05) is 0 Å². The molecule has 3 fully saturated rings. The first-order chi connectivity index (χ1) is 8.32. The summed E-state index contributed by atoms with van der Waals surface area (Å²) < 4.78 is 12.6. The van der Waals surface area contributed by atoms with Crippen LogP contribution < -0.4 is 0 Å². The maximum Gasteiger partial charge on any atom is 0.0981 e. The molecule has 1 saturated heterocycles. The van der Waals surface area contributed by atoms with Crippen molar-refractivity contribution in [2.24, 2.45) is 22.7 Å². The molecule has 104 valence electrons. The summed E-state index contributed by atoms with van der Waals surface area (Å²) in [6.07, 6.45) is 4.17. The molecule has 18 heavy (non-hydrogen) atoms. The fraction of sp³-hybridized carbons (Fsp3) is 1.00. The van der Waals surface area contributed by atoms with Crippen molar-refractivity contribution in [3.63, 3.8) is 0 Å². The van der Waals surface area contributed by atoms with Gasteiger partial charge in [0.2, 0.25) is 0 Å². The molecule has 0 aromatic carbocycles. The zero-order valence-electron chi connectivity index (χ0n) is 12.6. The monoisotopic (exact) mass is 252 g/mol. The van der Waals surface area contributed by atoms with Gasteiger partial charge in [-0.3, -0.25) is 0 Å². The molecule has 0 aromatic heterocycles. The van der Waals surface area contributed by atoms with Crippen LogP contribution in [0, 0.1) is 22.7 Å². The Hall–Kier alpha value is -0.0800. The second kappa shape index (κ2) is 3.73. The molecule has 4 atom stereocenters. The van der Waals surface area contributed by atoms with Crippen molar-refractivity contribution in [2.45, 2.75) is 65.6 Å². The van der Waals surface area contributed by atoms with Gasteiger partial charge < -0.3 is 9.47 Å². The van der Waals surface area contributed by atoms with E-state index in [1.165, 1.54) is 19.3 Å². The van der Waals surface area contributed by atoms with Gasteiger partial charge in [-0.15, -0.1) is 0 Å². The smallest absolute Gasteiger partial charge is 0.0981 e. The van der Waals surface area contributed by atoms with Gasteiger partial charge in [-0.2, -0.15) is 0 Å². The summed E-state index contributed by atoms with van der Waals surface area (Å²) in [5.74, 6) is 1.37. The molecule has 0 amide bonds. The number of rotatable bonds is 1. The highest BCUT2D eigenvalue weighted by molar-refractivity contribution is 5.19. The molecule has 2 bridgehead atoms. The Morgan fingerprint density at radius 3 is 2.39 bits per heavy atom. The van der Waals surface area contributed by atoms with E-state index in [9.17, 15) is 0 Å². The van der Waals surface area contributed by atoms with E-state index >= 15 is 0 Å². The highest BCUT2D eigenvalue weighted by atomic mass is 16.6. The van der Waals surface area contributed by atoms with Gasteiger partial charge in [-0.25, -0.2) is 0 Å². The predicted octanol–water partition coefficient (Wildman–Crippen LogP) is 3.64. The fourth-order valence-corrected chi connectivity index (χ4v) is 4.81. The van der Waals surface area contributed by atoms with Gasteiger partial charge in [0.1, 0.15) is 0 Å². The Bertz CT molecular complexity index is 349. The first-order valence-corrected chi connectivity index (χ1v) is 7.58. The van der Waals surface area contributed by atoms with Crippen molar-refractivity contribution in [2.75, 3.05) is 13.2 Å². The Morgan fingerprint density at radius 2 is 1.89 bits per heavy atom. The zero-order chi connectivity index (χ0) is 13.2.